The van der Waals surface area contributed by atoms with Crippen molar-refractivity contribution in [3.8, 4) is 0 Å². The second-order valence-electron chi connectivity index (χ2n) is 6.33. The van der Waals surface area contributed by atoms with Crippen LogP contribution in [0.1, 0.15) is 41.8 Å². The number of halogens is 1. The predicted octanol–water partition coefficient (Wildman–Crippen LogP) is 4.29. The quantitative estimate of drug-likeness (QED) is 0.767. The second kappa shape index (κ2) is 8.10. The molecule has 0 saturated heterocycles. The number of carbonyl (C=O) groups excluding carboxylic acids is 1. The number of rotatable bonds is 6. The Bertz CT molecular complexity index is 926. The van der Waals surface area contributed by atoms with Gasteiger partial charge >= 0.3 is 0 Å². The summed E-state index contributed by atoms with van der Waals surface area (Å²) in [5.74, 6) is -0.335. The lowest BCUT2D eigenvalue weighted by Crippen LogP contribution is -2.32. The molecule has 0 saturated carbocycles. The first-order valence-corrected chi connectivity index (χ1v) is 10.2. The minimum atomic E-state index is -3.93. The van der Waals surface area contributed by atoms with E-state index >= 15 is 0 Å². The van der Waals surface area contributed by atoms with Crippen LogP contribution < -0.4 is 10.0 Å². The summed E-state index contributed by atoms with van der Waals surface area (Å²) in [5, 5.41) is 2.87. The third kappa shape index (κ3) is 4.77. The van der Waals surface area contributed by atoms with E-state index in [-0.39, 0.29) is 27.4 Å². The van der Waals surface area contributed by atoms with Gasteiger partial charge in [-0.25, -0.2) is 8.42 Å². The van der Waals surface area contributed by atoms with Gasteiger partial charge in [0.25, 0.3) is 15.9 Å². The number of hydrogen-bond donors (Lipinski definition) is 2. The zero-order valence-corrected chi connectivity index (χ0v) is 16.8. The minimum absolute atomic E-state index is 0.00751. The summed E-state index contributed by atoms with van der Waals surface area (Å²) in [6.45, 7) is 7.69. The topological polar surface area (TPSA) is 75.3 Å². The van der Waals surface area contributed by atoms with Crippen LogP contribution in [0.5, 0.6) is 0 Å². The molecule has 0 radical (unpaired) electrons. The lowest BCUT2D eigenvalue weighted by Gasteiger charge is -2.14. The fourth-order valence-corrected chi connectivity index (χ4v) is 3.85. The van der Waals surface area contributed by atoms with Crippen molar-refractivity contribution in [2.24, 2.45) is 0 Å². The van der Waals surface area contributed by atoms with Crippen LogP contribution in [-0.4, -0.2) is 20.4 Å². The third-order valence-electron chi connectivity index (χ3n) is 4.23. The summed E-state index contributed by atoms with van der Waals surface area (Å²) >= 11 is 6.09. The van der Waals surface area contributed by atoms with E-state index in [1.165, 1.54) is 18.2 Å². The van der Waals surface area contributed by atoms with Gasteiger partial charge in [0.2, 0.25) is 0 Å². The van der Waals surface area contributed by atoms with Crippen LogP contribution in [0.4, 0.5) is 5.69 Å². The molecule has 1 atom stereocenters. The summed E-state index contributed by atoms with van der Waals surface area (Å²) in [4.78, 5) is 12.1. The molecule has 0 aliphatic carbocycles. The molecule has 0 bridgehead atoms. The number of amides is 1. The Labute approximate surface area is 159 Å². The van der Waals surface area contributed by atoms with Gasteiger partial charge in [-0.3, -0.25) is 9.52 Å². The van der Waals surface area contributed by atoms with Crippen LogP contribution in [0.15, 0.2) is 41.3 Å². The maximum absolute atomic E-state index is 12.7. The van der Waals surface area contributed by atoms with Gasteiger partial charge < -0.3 is 5.32 Å². The molecule has 0 aliphatic heterocycles. The normalized spacial score (nSPS) is 12.5. The van der Waals surface area contributed by atoms with Crippen molar-refractivity contribution < 1.29 is 13.2 Å². The molecule has 2 aromatic carbocycles. The summed E-state index contributed by atoms with van der Waals surface area (Å²) in [6.07, 6.45) is 0.777. The number of aryl methyl sites for hydroxylation is 2. The number of nitrogens with one attached hydrogen (secondary N) is 2. The average molecular weight is 395 g/mol. The Kier molecular flexibility index (Phi) is 6.31. The molecule has 0 heterocycles. The molecule has 2 rings (SSSR count). The van der Waals surface area contributed by atoms with Gasteiger partial charge in [0.1, 0.15) is 4.90 Å². The van der Waals surface area contributed by atoms with E-state index < -0.39 is 10.0 Å². The minimum Gasteiger partial charge on any atom is -0.350 e. The zero-order chi connectivity index (χ0) is 19.5. The van der Waals surface area contributed by atoms with Gasteiger partial charge in [0.15, 0.2) is 0 Å². The third-order valence-corrected chi connectivity index (χ3v) is 6.09. The first-order valence-electron chi connectivity index (χ1n) is 8.34. The van der Waals surface area contributed by atoms with Crippen LogP contribution in [0.2, 0.25) is 5.02 Å². The number of hydrogen-bond acceptors (Lipinski definition) is 3. The van der Waals surface area contributed by atoms with Gasteiger partial charge in [-0.15, -0.1) is 0 Å². The molecule has 26 heavy (non-hydrogen) atoms. The molecule has 2 aromatic rings. The Morgan fingerprint density at radius 2 is 1.81 bits per heavy atom. The molecule has 5 nitrogen and oxygen atoms in total. The van der Waals surface area contributed by atoms with Crippen molar-refractivity contribution in [2.45, 2.75) is 45.1 Å². The highest BCUT2D eigenvalue weighted by Gasteiger charge is 2.21. The fourth-order valence-electron chi connectivity index (χ4n) is 2.27. The molecule has 140 valence electrons. The molecular formula is C19H23ClN2O3S. The standard InChI is InChI=1S/C19H23ClN2O3S/c1-5-14(4)21-19(23)15-7-9-17(20)18(11-15)26(24,25)22-16-8-6-12(2)13(3)10-16/h6-11,14,22H,5H2,1-4H3,(H,21,23)/t14-/m1/s1. The predicted molar refractivity (Wildman–Crippen MR) is 105 cm³/mol. The van der Waals surface area contributed by atoms with E-state index in [1.807, 2.05) is 33.8 Å². The zero-order valence-electron chi connectivity index (χ0n) is 15.3. The van der Waals surface area contributed by atoms with Crippen molar-refractivity contribution in [3.63, 3.8) is 0 Å². The summed E-state index contributed by atoms with van der Waals surface area (Å²) in [6, 6.07) is 9.49. The average Bonchev–Trinajstić information content (AvgIpc) is 2.57. The van der Waals surface area contributed by atoms with E-state index in [2.05, 4.69) is 10.0 Å². The number of carbonyl (C=O) groups is 1. The van der Waals surface area contributed by atoms with E-state index in [0.717, 1.165) is 17.5 Å². The van der Waals surface area contributed by atoms with Crippen LogP contribution in [-0.2, 0) is 10.0 Å². The fraction of sp³-hybridized carbons (Fsp3) is 0.316. The Balaban J connectivity index is 2.34. The van der Waals surface area contributed by atoms with E-state index in [4.69, 9.17) is 11.6 Å². The molecule has 0 unspecified atom stereocenters. The van der Waals surface area contributed by atoms with Crippen molar-refractivity contribution in [1.82, 2.24) is 5.32 Å². The smallest absolute Gasteiger partial charge is 0.263 e. The Hall–Kier alpha value is -2.05. The monoisotopic (exact) mass is 394 g/mol. The van der Waals surface area contributed by atoms with Crippen molar-refractivity contribution in [1.29, 1.82) is 0 Å². The largest absolute Gasteiger partial charge is 0.350 e. The lowest BCUT2D eigenvalue weighted by molar-refractivity contribution is 0.0939. The molecule has 0 spiro atoms. The SMILES string of the molecule is CC[C@@H](C)NC(=O)c1ccc(Cl)c(S(=O)(=O)Nc2ccc(C)c(C)c2)c1. The van der Waals surface area contributed by atoms with Gasteiger partial charge in [0.05, 0.1) is 5.02 Å². The molecular weight excluding hydrogens is 372 g/mol. The van der Waals surface area contributed by atoms with E-state index in [1.54, 1.807) is 12.1 Å². The Morgan fingerprint density at radius 1 is 1.12 bits per heavy atom. The van der Waals surface area contributed by atoms with Crippen LogP contribution in [0.25, 0.3) is 0 Å². The van der Waals surface area contributed by atoms with Crippen LogP contribution in [0, 0.1) is 13.8 Å². The molecule has 7 heteroatoms. The number of benzene rings is 2. The maximum Gasteiger partial charge on any atom is 0.263 e. The van der Waals surface area contributed by atoms with Gasteiger partial charge in [-0.2, -0.15) is 0 Å². The van der Waals surface area contributed by atoms with E-state index in [9.17, 15) is 13.2 Å². The van der Waals surface area contributed by atoms with Gasteiger partial charge in [-0.1, -0.05) is 24.6 Å². The summed E-state index contributed by atoms with van der Waals surface area (Å²) < 4.78 is 28.0. The molecule has 2 N–H and O–H groups in total. The highest BCUT2D eigenvalue weighted by molar-refractivity contribution is 7.92. The van der Waals surface area contributed by atoms with Crippen molar-refractivity contribution in [3.05, 3.63) is 58.1 Å². The molecule has 0 fully saturated rings. The summed E-state index contributed by atoms with van der Waals surface area (Å²) in [5.41, 5.74) is 2.72. The molecule has 0 aliphatic rings. The summed E-state index contributed by atoms with van der Waals surface area (Å²) in [7, 11) is -3.93. The first-order chi connectivity index (χ1) is 12.1. The number of anilines is 1. The molecule has 0 aromatic heterocycles. The first kappa shape index (κ1) is 20.3. The van der Waals surface area contributed by atoms with Crippen LogP contribution in [0.3, 0.4) is 0 Å². The Morgan fingerprint density at radius 3 is 2.42 bits per heavy atom. The van der Waals surface area contributed by atoms with Crippen molar-refractivity contribution >= 4 is 33.2 Å². The lowest BCUT2D eigenvalue weighted by atomic mass is 10.1. The van der Waals surface area contributed by atoms with Gasteiger partial charge in [0, 0.05) is 17.3 Å². The highest BCUT2D eigenvalue weighted by Crippen LogP contribution is 2.26. The number of sulfonamides is 1. The second-order valence-corrected chi connectivity index (χ2v) is 8.39. The maximum atomic E-state index is 12.7. The molecule has 1 amide bonds. The van der Waals surface area contributed by atoms with Crippen LogP contribution >= 0.6 is 11.6 Å². The van der Waals surface area contributed by atoms with Gasteiger partial charge in [-0.05, 0) is 68.7 Å². The highest BCUT2D eigenvalue weighted by atomic mass is 35.5. The van der Waals surface area contributed by atoms with Crippen molar-refractivity contribution in [2.75, 3.05) is 4.72 Å². The van der Waals surface area contributed by atoms with E-state index in [0.29, 0.717) is 5.69 Å².